The predicted octanol–water partition coefficient (Wildman–Crippen LogP) is 1.98. The second kappa shape index (κ2) is 5.76. The number of rotatable bonds is 6. The van der Waals surface area contributed by atoms with E-state index < -0.39 is 7.75 Å². The maximum atomic E-state index is 10.9. The minimum atomic E-state index is -4.04. The molecule has 5 heteroatoms. The Hall–Kier alpha value is 0.110. The molecule has 0 saturated heterocycles. The van der Waals surface area contributed by atoms with Gasteiger partial charge in [-0.25, -0.2) is 9.24 Å². The molecule has 0 saturated carbocycles. The third-order valence-corrected chi connectivity index (χ3v) is 3.33. The molecule has 13 heavy (non-hydrogen) atoms. The lowest BCUT2D eigenvalue weighted by Crippen LogP contribution is -2.28. The van der Waals surface area contributed by atoms with Crippen molar-refractivity contribution in [2.75, 3.05) is 7.05 Å². The molecule has 0 unspecified atom stereocenters. The number of hydrogen-bond acceptors (Lipinski definition) is 1. The van der Waals surface area contributed by atoms with Crippen molar-refractivity contribution in [1.82, 2.24) is 4.67 Å². The fraction of sp³-hybridized carbons (Fsp3) is 1.00. The van der Waals surface area contributed by atoms with Gasteiger partial charge in [0.2, 0.25) is 0 Å². The summed E-state index contributed by atoms with van der Waals surface area (Å²) >= 11 is 0. The molecule has 2 N–H and O–H groups in total. The summed E-state index contributed by atoms with van der Waals surface area (Å²) in [6, 6.07) is 0.0100. The first-order valence-corrected chi connectivity index (χ1v) is 6.28. The second-order valence-electron chi connectivity index (χ2n) is 3.32. The largest absolute Gasteiger partial charge is 0.402 e. The summed E-state index contributed by atoms with van der Waals surface area (Å²) in [4.78, 5) is 17.9. The molecule has 0 aliphatic heterocycles. The Kier molecular flexibility index (Phi) is 5.81. The van der Waals surface area contributed by atoms with E-state index in [-0.39, 0.29) is 6.04 Å². The topological polar surface area (TPSA) is 60.8 Å². The van der Waals surface area contributed by atoms with E-state index in [9.17, 15) is 4.57 Å². The van der Waals surface area contributed by atoms with Crippen molar-refractivity contribution in [2.45, 2.75) is 45.6 Å². The molecule has 0 aromatic rings. The molecule has 0 fully saturated rings. The Morgan fingerprint density at radius 3 is 1.85 bits per heavy atom. The maximum absolute atomic E-state index is 10.9. The van der Waals surface area contributed by atoms with Crippen molar-refractivity contribution < 1.29 is 14.4 Å². The van der Waals surface area contributed by atoms with Crippen molar-refractivity contribution >= 4 is 7.75 Å². The van der Waals surface area contributed by atoms with Gasteiger partial charge in [0.1, 0.15) is 0 Å². The quantitative estimate of drug-likeness (QED) is 0.656. The van der Waals surface area contributed by atoms with Gasteiger partial charge in [0, 0.05) is 6.04 Å². The Labute approximate surface area is 80.2 Å². The van der Waals surface area contributed by atoms with E-state index in [4.69, 9.17) is 9.79 Å². The average Bonchev–Trinajstić information content (AvgIpc) is 2.01. The molecule has 0 radical (unpaired) electrons. The van der Waals surface area contributed by atoms with Crippen LogP contribution in [0.5, 0.6) is 0 Å². The molecule has 0 aromatic carbocycles. The van der Waals surface area contributed by atoms with Crippen LogP contribution < -0.4 is 0 Å². The third kappa shape index (κ3) is 4.77. The first-order chi connectivity index (χ1) is 5.93. The standard InChI is InChI=1S/C8H20NO3P/c1-4-6-8(7-5-2)9(3)13(10,11)12/h8H,4-7H2,1-3H3,(H2,10,11,12). The summed E-state index contributed by atoms with van der Waals surface area (Å²) in [5, 5.41) is 0. The van der Waals surface area contributed by atoms with Gasteiger partial charge in [0.15, 0.2) is 0 Å². The minimum Gasteiger partial charge on any atom is -0.312 e. The normalized spacial score (nSPS) is 12.8. The van der Waals surface area contributed by atoms with Crippen molar-refractivity contribution in [1.29, 1.82) is 0 Å². The SMILES string of the molecule is CCCC(CCC)N(C)P(=O)(O)O. The highest BCUT2D eigenvalue weighted by molar-refractivity contribution is 7.49. The molecule has 0 heterocycles. The van der Waals surface area contributed by atoms with Gasteiger partial charge in [-0.2, -0.15) is 0 Å². The minimum absolute atomic E-state index is 0.0100. The monoisotopic (exact) mass is 209 g/mol. The van der Waals surface area contributed by atoms with Gasteiger partial charge in [-0.15, -0.1) is 0 Å². The molecule has 80 valence electrons. The van der Waals surface area contributed by atoms with Crippen LogP contribution in [0.2, 0.25) is 0 Å². The Morgan fingerprint density at radius 1 is 1.23 bits per heavy atom. The highest BCUT2D eigenvalue weighted by atomic mass is 31.2. The average molecular weight is 209 g/mol. The van der Waals surface area contributed by atoms with Gasteiger partial charge in [0.05, 0.1) is 0 Å². The van der Waals surface area contributed by atoms with Gasteiger partial charge >= 0.3 is 7.75 Å². The zero-order chi connectivity index (χ0) is 10.5. The van der Waals surface area contributed by atoms with Gasteiger partial charge < -0.3 is 9.79 Å². The van der Waals surface area contributed by atoms with Crippen molar-refractivity contribution in [3.63, 3.8) is 0 Å². The Morgan fingerprint density at radius 2 is 1.62 bits per heavy atom. The number of nitrogens with zero attached hydrogens (tertiary/aromatic N) is 1. The molecule has 0 aliphatic rings. The zero-order valence-electron chi connectivity index (χ0n) is 8.60. The van der Waals surface area contributed by atoms with E-state index in [1.807, 2.05) is 13.8 Å². The molecule has 0 bridgehead atoms. The van der Waals surface area contributed by atoms with E-state index in [0.29, 0.717) is 0 Å². The van der Waals surface area contributed by atoms with Crippen LogP contribution in [0.3, 0.4) is 0 Å². The van der Waals surface area contributed by atoms with Crippen LogP contribution in [0.25, 0.3) is 0 Å². The van der Waals surface area contributed by atoms with E-state index >= 15 is 0 Å². The summed E-state index contributed by atoms with van der Waals surface area (Å²) in [7, 11) is -2.54. The van der Waals surface area contributed by atoms with Gasteiger partial charge in [-0.05, 0) is 19.9 Å². The van der Waals surface area contributed by atoms with E-state index in [0.717, 1.165) is 25.7 Å². The summed E-state index contributed by atoms with van der Waals surface area (Å²) in [5.41, 5.74) is 0. The molecule has 0 aliphatic carbocycles. The molecule has 0 amide bonds. The van der Waals surface area contributed by atoms with Crippen LogP contribution in [-0.4, -0.2) is 27.5 Å². The van der Waals surface area contributed by atoms with E-state index in [1.54, 1.807) is 0 Å². The molecule has 0 rings (SSSR count). The van der Waals surface area contributed by atoms with Crippen molar-refractivity contribution in [3.8, 4) is 0 Å². The first kappa shape index (κ1) is 13.1. The molecular formula is C8H20NO3P. The Balaban J connectivity index is 4.27. The summed E-state index contributed by atoms with van der Waals surface area (Å²) in [6.07, 6.45) is 3.59. The molecular weight excluding hydrogens is 189 g/mol. The fourth-order valence-corrected chi connectivity index (χ4v) is 2.05. The summed E-state index contributed by atoms with van der Waals surface area (Å²) < 4.78 is 12.1. The molecule has 4 nitrogen and oxygen atoms in total. The lowest BCUT2D eigenvalue weighted by atomic mass is 10.1. The molecule has 0 spiro atoms. The number of hydrogen-bond donors (Lipinski definition) is 2. The second-order valence-corrected chi connectivity index (χ2v) is 4.98. The van der Waals surface area contributed by atoms with Crippen LogP contribution in [0.1, 0.15) is 39.5 Å². The van der Waals surface area contributed by atoms with Crippen LogP contribution in [-0.2, 0) is 4.57 Å². The van der Waals surface area contributed by atoms with Gasteiger partial charge in [-0.3, -0.25) is 0 Å². The highest BCUT2D eigenvalue weighted by Crippen LogP contribution is 2.41. The van der Waals surface area contributed by atoms with Crippen molar-refractivity contribution in [3.05, 3.63) is 0 Å². The first-order valence-electron chi connectivity index (χ1n) is 4.72. The van der Waals surface area contributed by atoms with Crippen LogP contribution in [0.4, 0.5) is 0 Å². The lowest BCUT2D eigenvalue weighted by molar-refractivity contribution is 0.237. The lowest BCUT2D eigenvalue weighted by Gasteiger charge is -2.27. The summed E-state index contributed by atoms with van der Waals surface area (Å²) in [5.74, 6) is 0. The fourth-order valence-electron chi connectivity index (χ4n) is 1.40. The van der Waals surface area contributed by atoms with Crippen LogP contribution in [0, 0.1) is 0 Å². The van der Waals surface area contributed by atoms with Crippen LogP contribution >= 0.6 is 7.75 Å². The van der Waals surface area contributed by atoms with E-state index in [1.165, 1.54) is 11.7 Å². The molecule has 0 atom stereocenters. The predicted molar refractivity (Wildman–Crippen MR) is 53.4 cm³/mol. The zero-order valence-corrected chi connectivity index (χ0v) is 9.50. The Bertz CT molecular complexity index is 174. The third-order valence-electron chi connectivity index (χ3n) is 2.18. The van der Waals surface area contributed by atoms with E-state index in [2.05, 4.69) is 0 Å². The van der Waals surface area contributed by atoms with Crippen molar-refractivity contribution in [2.24, 2.45) is 0 Å². The summed E-state index contributed by atoms with van der Waals surface area (Å²) in [6.45, 7) is 4.05. The van der Waals surface area contributed by atoms with Crippen LogP contribution in [0.15, 0.2) is 0 Å². The maximum Gasteiger partial charge on any atom is 0.402 e. The van der Waals surface area contributed by atoms with Gasteiger partial charge in [-0.1, -0.05) is 26.7 Å². The highest BCUT2D eigenvalue weighted by Gasteiger charge is 2.27. The molecule has 0 aromatic heterocycles. The smallest absolute Gasteiger partial charge is 0.312 e. The van der Waals surface area contributed by atoms with Gasteiger partial charge in [0.25, 0.3) is 0 Å².